The fourth-order valence-corrected chi connectivity index (χ4v) is 4.58. The average Bonchev–Trinajstić information content (AvgIpc) is 3.28. The van der Waals surface area contributed by atoms with Crippen molar-refractivity contribution in [3.05, 3.63) is 54.5 Å². The van der Waals surface area contributed by atoms with Gasteiger partial charge in [-0.15, -0.1) is 0 Å². The van der Waals surface area contributed by atoms with E-state index >= 15 is 0 Å². The van der Waals surface area contributed by atoms with Crippen LogP contribution in [0.3, 0.4) is 0 Å². The lowest BCUT2D eigenvalue weighted by atomic mass is 9.87. The molecule has 1 fully saturated rings. The molecule has 0 saturated heterocycles. The molecule has 1 saturated carbocycles. The quantitative estimate of drug-likeness (QED) is 0.503. The number of carbonyl (C=O) groups is 1. The predicted octanol–water partition coefficient (Wildman–Crippen LogP) is 4.47. The van der Waals surface area contributed by atoms with Crippen molar-refractivity contribution in [2.45, 2.75) is 69.3 Å². The molecule has 2 N–H and O–H groups in total. The number of anilines is 1. The van der Waals surface area contributed by atoms with Gasteiger partial charge in [-0.1, -0.05) is 44.4 Å². The lowest BCUT2D eigenvalue weighted by Crippen LogP contribution is -2.28. The van der Waals surface area contributed by atoms with E-state index in [0.29, 0.717) is 29.5 Å². The van der Waals surface area contributed by atoms with Crippen molar-refractivity contribution in [2.75, 3.05) is 11.6 Å². The second kappa shape index (κ2) is 10.7. The summed E-state index contributed by atoms with van der Waals surface area (Å²) in [6.45, 7) is 9.63. The molecule has 1 heterocycles. The van der Waals surface area contributed by atoms with Crippen molar-refractivity contribution in [2.24, 2.45) is 5.92 Å². The highest BCUT2D eigenvalue weighted by atomic mass is 32.2. The molecule has 9 heteroatoms. The van der Waals surface area contributed by atoms with Gasteiger partial charge in [0, 0.05) is 6.26 Å². The Balaban J connectivity index is 1.73. The number of nitrogens with zero attached hydrogens (tertiary/aromatic N) is 2. The summed E-state index contributed by atoms with van der Waals surface area (Å²) in [5, 5.41) is 2.87. The number of benzene rings is 1. The number of nitrogens with one attached hydrogen (secondary N) is 2. The predicted molar refractivity (Wildman–Crippen MR) is 133 cm³/mol. The molecule has 8 nitrogen and oxygen atoms in total. The molecule has 1 amide bonds. The summed E-state index contributed by atoms with van der Waals surface area (Å²) in [6, 6.07) is 6.59. The number of rotatable bonds is 9. The van der Waals surface area contributed by atoms with Gasteiger partial charge in [0.05, 0.1) is 34.5 Å². The third-order valence-electron chi connectivity index (χ3n) is 5.76. The zero-order valence-electron chi connectivity index (χ0n) is 20.3. The van der Waals surface area contributed by atoms with Gasteiger partial charge in [-0.2, -0.15) is 0 Å². The van der Waals surface area contributed by atoms with Gasteiger partial charge in [0.15, 0.2) is 15.7 Å². The van der Waals surface area contributed by atoms with E-state index in [1.165, 1.54) is 31.5 Å². The van der Waals surface area contributed by atoms with Crippen LogP contribution in [0.5, 0.6) is 0 Å². The highest BCUT2D eigenvalue weighted by Crippen LogP contribution is 2.35. The second-order valence-electron chi connectivity index (χ2n) is 9.85. The first-order valence-electron chi connectivity index (χ1n) is 11.5. The maximum absolute atomic E-state index is 13.3. The van der Waals surface area contributed by atoms with Gasteiger partial charge in [-0.3, -0.25) is 15.1 Å². The average molecular weight is 487 g/mol. The first-order chi connectivity index (χ1) is 15.9. The van der Waals surface area contributed by atoms with Crippen LogP contribution in [0.4, 0.5) is 5.82 Å². The molecule has 1 aliphatic carbocycles. The Kier molecular flexibility index (Phi) is 8.09. The summed E-state index contributed by atoms with van der Waals surface area (Å²) in [4.78, 5) is 27.6. The van der Waals surface area contributed by atoms with Crippen LogP contribution < -0.4 is 10.8 Å². The zero-order chi connectivity index (χ0) is 24.9. The van der Waals surface area contributed by atoms with E-state index in [-0.39, 0.29) is 10.8 Å². The number of sulfone groups is 1. The summed E-state index contributed by atoms with van der Waals surface area (Å²) < 4.78 is 23.6. The largest absolute Gasteiger partial charge is 0.309 e. The fraction of sp³-hybridized carbons (Fsp3) is 0.480. The maximum atomic E-state index is 13.3. The molecular formula is C25H34N4O4S. The molecule has 0 aliphatic heterocycles. The smallest absolute Gasteiger partial charge is 0.233 e. The van der Waals surface area contributed by atoms with Crippen molar-refractivity contribution in [1.82, 2.24) is 15.4 Å². The fourth-order valence-electron chi connectivity index (χ4n) is 3.95. The first-order valence-corrected chi connectivity index (χ1v) is 13.4. The summed E-state index contributed by atoms with van der Waals surface area (Å²) in [6.07, 6.45) is 9.44. The molecule has 0 spiro atoms. The van der Waals surface area contributed by atoms with Crippen LogP contribution in [0.25, 0.3) is 5.70 Å². The van der Waals surface area contributed by atoms with Crippen molar-refractivity contribution in [1.29, 1.82) is 0 Å². The minimum absolute atomic E-state index is 0.186. The van der Waals surface area contributed by atoms with Crippen LogP contribution in [0.1, 0.15) is 70.1 Å². The van der Waals surface area contributed by atoms with Gasteiger partial charge in [-0.25, -0.2) is 18.4 Å². The normalized spacial score (nSPS) is 15.6. The standard InChI is InChI=1S/C25H34N4O4S/c1-17(29-33-25(2,3)4)22-15-27-23(16-26-22)28-24(30)21(14-18-8-6-7-9-18)19-10-12-20(13-11-19)34(5,31)32/h10-13,15-16,18,21,29H,1,6-9,14H2,2-5H3,(H,27,28,30)/t21-/m1/s1. The zero-order valence-corrected chi connectivity index (χ0v) is 21.1. The van der Waals surface area contributed by atoms with Crippen LogP contribution >= 0.6 is 0 Å². The summed E-state index contributed by atoms with van der Waals surface area (Å²) in [5.41, 5.74) is 4.13. The molecule has 0 unspecified atom stereocenters. The highest BCUT2D eigenvalue weighted by molar-refractivity contribution is 7.90. The van der Waals surface area contributed by atoms with E-state index in [2.05, 4.69) is 27.3 Å². The third kappa shape index (κ3) is 7.36. The first kappa shape index (κ1) is 25.8. The molecule has 1 aromatic carbocycles. The Hall–Kier alpha value is -2.78. The van der Waals surface area contributed by atoms with Gasteiger partial charge >= 0.3 is 0 Å². The molecule has 0 bridgehead atoms. The van der Waals surface area contributed by atoms with Gasteiger partial charge in [-0.05, 0) is 50.8 Å². The topological polar surface area (TPSA) is 110 Å². The van der Waals surface area contributed by atoms with Crippen LogP contribution in [-0.4, -0.2) is 36.1 Å². The number of carbonyl (C=O) groups excluding carboxylic acids is 1. The minimum atomic E-state index is -3.30. The van der Waals surface area contributed by atoms with Crippen LogP contribution in [0.2, 0.25) is 0 Å². The SMILES string of the molecule is C=C(NOC(C)(C)C)c1cnc(NC(=O)[C@H](CC2CCCC2)c2ccc(S(C)(=O)=O)cc2)cn1. The van der Waals surface area contributed by atoms with Crippen LogP contribution in [0, 0.1) is 5.92 Å². The molecule has 3 rings (SSSR count). The van der Waals surface area contributed by atoms with E-state index in [1.54, 1.807) is 24.3 Å². The van der Waals surface area contributed by atoms with E-state index in [0.717, 1.165) is 18.4 Å². The number of hydrogen-bond acceptors (Lipinski definition) is 7. The monoisotopic (exact) mass is 486 g/mol. The van der Waals surface area contributed by atoms with Crippen molar-refractivity contribution >= 4 is 27.3 Å². The summed E-state index contributed by atoms with van der Waals surface area (Å²) >= 11 is 0. The van der Waals surface area contributed by atoms with Crippen molar-refractivity contribution in [3.63, 3.8) is 0 Å². The Bertz CT molecular complexity index is 1100. The van der Waals surface area contributed by atoms with Crippen LogP contribution in [0.15, 0.2) is 48.1 Å². The molecule has 1 aromatic heterocycles. The van der Waals surface area contributed by atoms with Crippen LogP contribution in [-0.2, 0) is 19.5 Å². The van der Waals surface area contributed by atoms with E-state index < -0.39 is 21.4 Å². The molecule has 1 aliphatic rings. The molecule has 0 radical (unpaired) electrons. The highest BCUT2D eigenvalue weighted by Gasteiger charge is 2.27. The van der Waals surface area contributed by atoms with Gasteiger partial charge < -0.3 is 5.32 Å². The van der Waals surface area contributed by atoms with E-state index in [4.69, 9.17) is 4.84 Å². The van der Waals surface area contributed by atoms with Crippen molar-refractivity contribution < 1.29 is 18.0 Å². The number of hydroxylamine groups is 1. The van der Waals surface area contributed by atoms with Gasteiger partial charge in [0.25, 0.3) is 0 Å². The molecule has 1 atom stereocenters. The third-order valence-corrected chi connectivity index (χ3v) is 6.89. The second-order valence-corrected chi connectivity index (χ2v) is 11.9. The molecule has 2 aromatic rings. The van der Waals surface area contributed by atoms with Gasteiger partial charge in [0.2, 0.25) is 5.91 Å². The Morgan fingerprint density at radius 2 is 1.79 bits per heavy atom. The Labute approximate surface area is 202 Å². The number of hydrogen-bond donors (Lipinski definition) is 2. The summed E-state index contributed by atoms with van der Waals surface area (Å²) in [7, 11) is -3.30. The lowest BCUT2D eigenvalue weighted by Gasteiger charge is -2.21. The maximum Gasteiger partial charge on any atom is 0.233 e. The van der Waals surface area contributed by atoms with E-state index in [1.807, 2.05) is 20.8 Å². The molecule has 34 heavy (non-hydrogen) atoms. The Morgan fingerprint density at radius 3 is 2.32 bits per heavy atom. The number of aromatic nitrogens is 2. The minimum Gasteiger partial charge on any atom is -0.309 e. The molecular weight excluding hydrogens is 452 g/mol. The van der Waals surface area contributed by atoms with Gasteiger partial charge in [0.1, 0.15) is 5.69 Å². The number of amides is 1. The molecule has 184 valence electrons. The Morgan fingerprint density at radius 1 is 1.15 bits per heavy atom. The van der Waals surface area contributed by atoms with Crippen molar-refractivity contribution in [3.8, 4) is 0 Å². The lowest BCUT2D eigenvalue weighted by molar-refractivity contribution is -0.118. The summed E-state index contributed by atoms with van der Waals surface area (Å²) in [5.74, 6) is 0.211. The van der Waals surface area contributed by atoms with E-state index in [9.17, 15) is 13.2 Å².